The molecule has 0 aliphatic rings. The standard InChI is InChI=1S/C22H27N3O3/c1-16-13-18(14-19(15-23)22(26)24(3)11-6-12-27-4)17(2)25(16)20-7-9-21(28-5)10-8-20/h7-10,13-14H,6,11-12H2,1-5H3/b19-14-. The van der Waals surface area contributed by atoms with Crippen LogP contribution in [0.1, 0.15) is 23.4 Å². The van der Waals surface area contributed by atoms with Crippen LogP contribution in [-0.4, -0.2) is 49.8 Å². The van der Waals surface area contributed by atoms with Gasteiger partial charge in [0, 0.05) is 44.4 Å². The number of nitriles is 1. The number of hydrogen-bond donors (Lipinski definition) is 0. The predicted molar refractivity (Wildman–Crippen MR) is 110 cm³/mol. The average Bonchev–Trinajstić information content (AvgIpc) is 2.98. The molecule has 0 aliphatic carbocycles. The SMILES string of the molecule is COCCCN(C)C(=O)/C(C#N)=C\c1cc(C)n(-c2ccc(OC)cc2)c1C. The number of carbonyl (C=O) groups excluding carboxylic acids is 1. The van der Waals surface area contributed by atoms with Crippen molar-refractivity contribution >= 4 is 12.0 Å². The molecule has 1 amide bonds. The van der Waals surface area contributed by atoms with Gasteiger partial charge in [0.2, 0.25) is 0 Å². The first-order chi connectivity index (χ1) is 13.4. The zero-order chi connectivity index (χ0) is 20.7. The van der Waals surface area contributed by atoms with E-state index >= 15 is 0 Å². The zero-order valence-electron chi connectivity index (χ0n) is 17.2. The Morgan fingerprint density at radius 1 is 1.25 bits per heavy atom. The highest BCUT2D eigenvalue weighted by molar-refractivity contribution is 6.01. The average molecular weight is 381 g/mol. The number of aryl methyl sites for hydroxylation is 1. The monoisotopic (exact) mass is 381 g/mol. The van der Waals surface area contributed by atoms with E-state index in [1.165, 1.54) is 0 Å². The van der Waals surface area contributed by atoms with Crippen LogP contribution in [0.2, 0.25) is 0 Å². The van der Waals surface area contributed by atoms with Crippen molar-refractivity contribution in [1.29, 1.82) is 5.26 Å². The third-order valence-corrected chi connectivity index (χ3v) is 4.64. The number of nitrogens with zero attached hydrogens (tertiary/aromatic N) is 3. The van der Waals surface area contributed by atoms with Gasteiger partial charge in [0.1, 0.15) is 17.4 Å². The minimum absolute atomic E-state index is 0.120. The molecule has 6 nitrogen and oxygen atoms in total. The van der Waals surface area contributed by atoms with Gasteiger partial charge in [0.05, 0.1) is 7.11 Å². The molecular weight excluding hydrogens is 354 g/mol. The quantitative estimate of drug-likeness (QED) is 0.399. The molecule has 0 fully saturated rings. The Balaban J connectivity index is 2.31. The summed E-state index contributed by atoms with van der Waals surface area (Å²) >= 11 is 0. The summed E-state index contributed by atoms with van der Waals surface area (Å²) in [6.45, 7) is 5.09. The van der Waals surface area contributed by atoms with E-state index in [9.17, 15) is 10.1 Å². The molecule has 0 saturated heterocycles. The number of hydrogen-bond acceptors (Lipinski definition) is 4. The van der Waals surface area contributed by atoms with Crippen LogP contribution in [0.5, 0.6) is 5.75 Å². The van der Waals surface area contributed by atoms with Crippen molar-refractivity contribution in [2.75, 3.05) is 34.4 Å². The Bertz CT molecular complexity index is 889. The van der Waals surface area contributed by atoms with E-state index in [0.717, 1.165) is 34.8 Å². The minimum Gasteiger partial charge on any atom is -0.497 e. The first-order valence-electron chi connectivity index (χ1n) is 9.12. The summed E-state index contributed by atoms with van der Waals surface area (Å²) in [6.07, 6.45) is 2.39. The largest absolute Gasteiger partial charge is 0.497 e. The third-order valence-electron chi connectivity index (χ3n) is 4.64. The summed E-state index contributed by atoms with van der Waals surface area (Å²) in [5.41, 5.74) is 3.95. The number of carbonyl (C=O) groups is 1. The molecule has 0 spiro atoms. The van der Waals surface area contributed by atoms with E-state index in [1.807, 2.05) is 50.2 Å². The van der Waals surface area contributed by atoms with Crippen molar-refractivity contribution in [3.8, 4) is 17.5 Å². The topological polar surface area (TPSA) is 67.5 Å². The van der Waals surface area contributed by atoms with Crippen molar-refractivity contribution in [2.24, 2.45) is 0 Å². The predicted octanol–water partition coefficient (Wildman–Crippen LogP) is 3.50. The highest BCUT2D eigenvalue weighted by Gasteiger charge is 2.16. The highest BCUT2D eigenvalue weighted by atomic mass is 16.5. The number of methoxy groups -OCH3 is 2. The second-order valence-corrected chi connectivity index (χ2v) is 6.60. The normalized spacial score (nSPS) is 11.2. The van der Waals surface area contributed by atoms with Gasteiger partial charge in [0.15, 0.2) is 0 Å². The van der Waals surface area contributed by atoms with Crippen molar-refractivity contribution in [1.82, 2.24) is 9.47 Å². The highest BCUT2D eigenvalue weighted by Crippen LogP contribution is 2.24. The zero-order valence-corrected chi connectivity index (χ0v) is 17.2. The van der Waals surface area contributed by atoms with Crippen LogP contribution >= 0.6 is 0 Å². The number of rotatable bonds is 8. The van der Waals surface area contributed by atoms with Crippen molar-refractivity contribution in [3.05, 3.63) is 52.9 Å². The molecule has 1 aromatic carbocycles. The van der Waals surface area contributed by atoms with E-state index in [0.29, 0.717) is 13.2 Å². The van der Waals surface area contributed by atoms with Crippen LogP contribution in [0.15, 0.2) is 35.9 Å². The van der Waals surface area contributed by atoms with Gasteiger partial charge in [-0.25, -0.2) is 0 Å². The summed E-state index contributed by atoms with van der Waals surface area (Å²) in [5.74, 6) is 0.507. The number of aromatic nitrogens is 1. The molecule has 0 saturated carbocycles. The number of amides is 1. The summed E-state index contributed by atoms with van der Waals surface area (Å²) in [6, 6.07) is 11.8. The third kappa shape index (κ3) is 4.81. The molecule has 148 valence electrons. The maximum atomic E-state index is 12.6. The van der Waals surface area contributed by atoms with Crippen LogP contribution in [-0.2, 0) is 9.53 Å². The second kappa shape index (κ2) is 9.77. The van der Waals surface area contributed by atoms with Gasteiger partial charge in [-0.2, -0.15) is 5.26 Å². The Kier molecular flexibility index (Phi) is 7.42. The minimum atomic E-state index is -0.284. The Morgan fingerprint density at radius 2 is 1.93 bits per heavy atom. The fraction of sp³-hybridized carbons (Fsp3) is 0.364. The number of benzene rings is 1. The van der Waals surface area contributed by atoms with Gasteiger partial charge in [0.25, 0.3) is 5.91 Å². The molecule has 28 heavy (non-hydrogen) atoms. The summed E-state index contributed by atoms with van der Waals surface area (Å²) in [7, 11) is 4.96. The maximum Gasteiger partial charge on any atom is 0.264 e. The summed E-state index contributed by atoms with van der Waals surface area (Å²) < 4.78 is 12.3. The molecule has 0 radical (unpaired) electrons. The van der Waals surface area contributed by atoms with Crippen LogP contribution < -0.4 is 4.74 Å². The van der Waals surface area contributed by atoms with E-state index < -0.39 is 0 Å². The van der Waals surface area contributed by atoms with E-state index in [4.69, 9.17) is 9.47 Å². The van der Waals surface area contributed by atoms with Gasteiger partial charge >= 0.3 is 0 Å². The first-order valence-corrected chi connectivity index (χ1v) is 9.12. The number of ether oxygens (including phenoxy) is 2. The van der Waals surface area contributed by atoms with Gasteiger partial charge in [-0.3, -0.25) is 4.79 Å². The summed E-state index contributed by atoms with van der Waals surface area (Å²) in [5, 5.41) is 9.51. The lowest BCUT2D eigenvalue weighted by Crippen LogP contribution is -2.29. The first kappa shape index (κ1) is 21.3. The smallest absolute Gasteiger partial charge is 0.264 e. The van der Waals surface area contributed by atoms with Crippen LogP contribution in [0.25, 0.3) is 11.8 Å². The summed E-state index contributed by atoms with van der Waals surface area (Å²) in [4.78, 5) is 14.1. The lowest BCUT2D eigenvalue weighted by Gasteiger charge is -2.16. The Labute approximate surface area is 166 Å². The van der Waals surface area contributed by atoms with Gasteiger partial charge in [-0.05, 0) is 62.2 Å². The Hall–Kier alpha value is -3.04. The molecule has 0 aliphatic heterocycles. The molecule has 0 atom stereocenters. The van der Waals surface area contributed by atoms with Crippen LogP contribution in [0.3, 0.4) is 0 Å². The number of likely N-dealkylation sites (N-methyl/N-ethyl adjacent to an activating group) is 1. The van der Waals surface area contributed by atoms with Crippen molar-refractivity contribution < 1.29 is 14.3 Å². The lowest BCUT2D eigenvalue weighted by atomic mass is 10.1. The van der Waals surface area contributed by atoms with Crippen molar-refractivity contribution in [2.45, 2.75) is 20.3 Å². The molecular formula is C22H27N3O3. The second-order valence-electron chi connectivity index (χ2n) is 6.60. The molecule has 2 aromatic rings. The molecule has 1 heterocycles. The van der Waals surface area contributed by atoms with E-state index in [2.05, 4.69) is 4.57 Å². The molecule has 2 rings (SSSR count). The van der Waals surface area contributed by atoms with E-state index in [1.54, 1.807) is 32.2 Å². The molecule has 6 heteroatoms. The van der Waals surface area contributed by atoms with Crippen molar-refractivity contribution in [3.63, 3.8) is 0 Å². The maximum absolute atomic E-state index is 12.6. The fourth-order valence-electron chi connectivity index (χ4n) is 3.11. The van der Waals surface area contributed by atoms with Gasteiger partial charge in [-0.15, -0.1) is 0 Å². The van der Waals surface area contributed by atoms with Crippen LogP contribution in [0.4, 0.5) is 0 Å². The van der Waals surface area contributed by atoms with Crippen LogP contribution in [0, 0.1) is 25.2 Å². The molecule has 0 unspecified atom stereocenters. The fourth-order valence-corrected chi connectivity index (χ4v) is 3.11. The van der Waals surface area contributed by atoms with Gasteiger partial charge < -0.3 is 18.9 Å². The lowest BCUT2D eigenvalue weighted by molar-refractivity contribution is -0.125. The molecule has 0 bridgehead atoms. The molecule has 0 N–H and O–H groups in total. The van der Waals surface area contributed by atoms with Gasteiger partial charge in [-0.1, -0.05) is 0 Å². The Morgan fingerprint density at radius 3 is 2.50 bits per heavy atom. The molecule has 1 aromatic heterocycles. The van der Waals surface area contributed by atoms with E-state index in [-0.39, 0.29) is 11.5 Å².